The van der Waals surface area contributed by atoms with Gasteiger partial charge in [-0.3, -0.25) is 29.8 Å². The largest absolute Gasteiger partial charge is 0.289 e. The Morgan fingerprint density at radius 3 is 1.44 bits per heavy atom. The number of nitro groups is 2. The highest BCUT2D eigenvalue weighted by Gasteiger charge is 2.12. The fourth-order valence-corrected chi connectivity index (χ4v) is 2.50. The summed E-state index contributed by atoms with van der Waals surface area (Å²) < 4.78 is 0. The van der Waals surface area contributed by atoms with Crippen LogP contribution in [0.25, 0.3) is 0 Å². The van der Waals surface area contributed by atoms with Crippen molar-refractivity contribution in [2.45, 2.75) is 0 Å². The SMILES string of the molecule is O=C(N/N=C/c1ccc([N+](=O)[O-])cc1)c1cccc(C(=O)N/N=C/c2ccc([N+](=O)[O-])cc2)n1. The van der Waals surface area contributed by atoms with Gasteiger partial charge in [-0.05, 0) is 47.5 Å². The van der Waals surface area contributed by atoms with E-state index in [0.717, 1.165) is 0 Å². The molecule has 0 aliphatic rings. The van der Waals surface area contributed by atoms with Gasteiger partial charge in [-0.1, -0.05) is 6.07 Å². The fourth-order valence-electron chi connectivity index (χ4n) is 2.50. The summed E-state index contributed by atoms with van der Waals surface area (Å²) in [6.07, 6.45) is 2.59. The molecule has 3 aromatic rings. The zero-order valence-electron chi connectivity index (χ0n) is 17.2. The highest BCUT2D eigenvalue weighted by molar-refractivity contribution is 5.97. The van der Waals surface area contributed by atoms with Gasteiger partial charge in [0.05, 0.1) is 22.3 Å². The molecule has 0 bridgehead atoms. The Balaban J connectivity index is 1.57. The van der Waals surface area contributed by atoms with Gasteiger partial charge in [-0.2, -0.15) is 10.2 Å². The molecule has 1 heterocycles. The summed E-state index contributed by atoms with van der Waals surface area (Å²) in [7, 11) is 0. The Kier molecular flexibility index (Phi) is 7.42. The molecule has 0 saturated heterocycles. The van der Waals surface area contributed by atoms with Crippen LogP contribution in [-0.2, 0) is 0 Å². The summed E-state index contributed by atoms with van der Waals surface area (Å²) in [6.45, 7) is 0. The van der Waals surface area contributed by atoms with E-state index in [4.69, 9.17) is 0 Å². The van der Waals surface area contributed by atoms with E-state index >= 15 is 0 Å². The van der Waals surface area contributed by atoms with Gasteiger partial charge in [0.2, 0.25) is 0 Å². The van der Waals surface area contributed by atoms with Crippen LogP contribution < -0.4 is 10.9 Å². The van der Waals surface area contributed by atoms with Crippen LogP contribution in [0.3, 0.4) is 0 Å². The number of nitrogens with one attached hydrogen (secondary N) is 2. The standard InChI is InChI=1S/C21H15N7O6/c29-20(25-22-12-14-4-8-16(9-5-14)27(31)32)18-2-1-3-19(24-18)21(30)26-23-13-15-6-10-17(11-7-15)28(33)34/h1-13H,(H,25,29)(H,26,30)/b22-12+,23-13+. The lowest BCUT2D eigenvalue weighted by atomic mass is 10.2. The van der Waals surface area contributed by atoms with Crippen LogP contribution >= 0.6 is 0 Å². The lowest BCUT2D eigenvalue weighted by molar-refractivity contribution is -0.385. The minimum Gasteiger partial charge on any atom is -0.266 e. The molecule has 0 saturated carbocycles. The van der Waals surface area contributed by atoms with Crippen molar-refractivity contribution in [2.75, 3.05) is 0 Å². The van der Waals surface area contributed by atoms with Gasteiger partial charge in [-0.15, -0.1) is 0 Å². The van der Waals surface area contributed by atoms with E-state index in [2.05, 4.69) is 26.0 Å². The topological polar surface area (TPSA) is 182 Å². The van der Waals surface area contributed by atoms with Gasteiger partial charge in [0.1, 0.15) is 11.4 Å². The summed E-state index contributed by atoms with van der Waals surface area (Å²) in [6, 6.07) is 15.3. The molecule has 0 unspecified atom stereocenters. The predicted molar refractivity (Wildman–Crippen MR) is 121 cm³/mol. The number of benzene rings is 2. The normalized spacial score (nSPS) is 10.8. The van der Waals surface area contributed by atoms with Crippen molar-refractivity contribution in [3.63, 3.8) is 0 Å². The van der Waals surface area contributed by atoms with E-state index in [1.54, 1.807) is 0 Å². The lowest BCUT2D eigenvalue weighted by Crippen LogP contribution is -2.23. The van der Waals surface area contributed by atoms with Crippen LogP contribution in [0, 0.1) is 20.2 Å². The van der Waals surface area contributed by atoms with Crippen molar-refractivity contribution < 1.29 is 19.4 Å². The monoisotopic (exact) mass is 461 g/mol. The number of carbonyl (C=O) groups is 2. The molecule has 3 rings (SSSR count). The summed E-state index contributed by atoms with van der Waals surface area (Å²) in [5.41, 5.74) is 5.26. The Labute approximate surface area is 191 Å². The molecule has 2 aromatic carbocycles. The first kappa shape index (κ1) is 23.3. The molecule has 0 spiro atoms. The molecule has 0 fully saturated rings. The van der Waals surface area contributed by atoms with E-state index in [1.807, 2.05) is 0 Å². The maximum atomic E-state index is 12.2. The lowest BCUT2D eigenvalue weighted by Gasteiger charge is -2.03. The molecule has 170 valence electrons. The Hall–Kier alpha value is -5.33. The first-order valence-corrected chi connectivity index (χ1v) is 9.46. The van der Waals surface area contributed by atoms with Gasteiger partial charge < -0.3 is 0 Å². The maximum Gasteiger partial charge on any atom is 0.289 e. The molecule has 2 N–H and O–H groups in total. The van der Waals surface area contributed by atoms with E-state index in [-0.39, 0.29) is 22.8 Å². The number of rotatable bonds is 8. The van der Waals surface area contributed by atoms with E-state index in [0.29, 0.717) is 11.1 Å². The van der Waals surface area contributed by atoms with E-state index in [1.165, 1.54) is 79.2 Å². The molecule has 2 amide bonds. The summed E-state index contributed by atoms with van der Waals surface area (Å²) in [4.78, 5) is 48.7. The van der Waals surface area contributed by atoms with Crippen LogP contribution in [0.15, 0.2) is 76.9 Å². The summed E-state index contributed by atoms with van der Waals surface area (Å²) >= 11 is 0. The third kappa shape index (κ3) is 6.34. The second kappa shape index (κ2) is 10.8. The van der Waals surface area contributed by atoms with Gasteiger partial charge in [-0.25, -0.2) is 15.8 Å². The van der Waals surface area contributed by atoms with Gasteiger partial charge in [0, 0.05) is 24.3 Å². The molecular weight excluding hydrogens is 446 g/mol. The molecule has 0 aliphatic heterocycles. The van der Waals surface area contributed by atoms with Crippen LogP contribution in [0.1, 0.15) is 32.1 Å². The number of pyridine rings is 1. The van der Waals surface area contributed by atoms with Gasteiger partial charge >= 0.3 is 0 Å². The van der Waals surface area contributed by atoms with Crippen molar-refractivity contribution >= 4 is 35.6 Å². The van der Waals surface area contributed by atoms with Crippen molar-refractivity contribution in [1.82, 2.24) is 15.8 Å². The third-order valence-corrected chi connectivity index (χ3v) is 4.18. The number of hydrazone groups is 2. The van der Waals surface area contributed by atoms with Crippen molar-refractivity contribution in [3.8, 4) is 0 Å². The smallest absolute Gasteiger partial charge is 0.266 e. The van der Waals surface area contributed by atoms with Crippen LogP contribution in [-0.4, -0.2) is 39.1 Å². The average molecular weight is 461 g/mol. The number of nitro benzene ring substituents is 2. The minimum atomic E-state index is -0.679. The second-order valence-corrected chi connectivity index (χ2v) is 6.50. The molecular formula is C21H15N7O6. The van der Waals surface area contributed by atoms with Crippen LogP contribution in [0.4, 0.5) is 11.4 Å². The molecule has 13 nitrogen and oxygen atoms in total. The molecule has 0 radical (unpaired) electrons. The first-order valence-electron chi connectivity index (χ1n) is 9.46. The Morgan fingerprint density at radius 1 is 0.706 bits per heavy atom. The fraction of sp³-hybridized carbons (Fsp3) is 0. The molecule has 0 aliphatic carbocycles. The zero-order chi connectivity index (χ0) is 24.5. The number of hydrogen-bond donors (Lipinski definition) is 2. The van der Waals surface area contributed by atoms with Crippen LogP contribution in [0.2, 0.25) is 0 Å². The summed E-state index contributed by atoms with van der Waals surface area (Å²) in [5, 5.41) is 28.8. The highest BCUT2D eigenvalue weighted by atomic mass is 16.6. The van der Waals surface area contributed by atoms with Crippen molar-refractivity contribution in [3.05, 3.63) is 109 Å². The highest BCUT2D eigenvalue weighted by Crippen LogP contribution is 2.11. The first-order chi connectivity index (χ1) is 16.3. The minimum absolute atomic E-state index is 0.0717. The number of amides is 2. The Morgan fingerprint density at radius 2 is 1.09 bits per heavy atom. The quantitative estimate of drug-likeness (QED) is 0.293. The zero-order valence-corrected chi connectivity index (χ0v) is 17.2. The number of non-ortho nitro benzene ring substituents is 2. The second-order valence-electron chi connectivity index (χ2n) is 6.50. The number of hydrogen-bond acceptors (Lipinski definition) is 9. The molecule has 34 heavy (non-hydrogen) atoms. The molecule has 13 heteroatoms. The summed E-state index contributed by atoms with van der Waals surface area (Å²) in [5.74, 6) is -1.36. The third-order valence-electron chi connectivity index (χ3n) is 4.18. The van der Waals surface area contributed by atoms with Gasteiger partial charge in [0.25, 0.3) is 23.2 Å². The van der Waals surface area contributed by atoms with Gasteiger partial charge in [0.15, 0.2) is 0 Å². The number of carbonyl (C=O) groups excluding carboxylic acids is 2. The molecule has 0 atom stereocenters. The van der Waals surface area contributed by atoms with E-state index < -0.39 is 21.7 Å². The van der Waals surface area contributed by atoms with Crippen LogP contribution in [0.5, 0.6) is 0 Å². The average Bonchev–Trinajstić information content (AvgIpc) is 2.84. The van der Waals surface area contributed by atoms with Crippen molar-refractivity contribution in [1.29, 1.82) is 0 Å². The number of nitrogens with zero attached hydrogens (tertiary/aromatic N) is 5. The molecule has 1 aromatic heterocycles. The Bertz CT molecular complexity index is 1190. The van der Waals surface area contributed by atoms with Crippen molar-refractivity contribution in [2.24, 2.45) is 10.2 Å². The van der Waals surface area contributed by atoms with E-state index in [9.17, 15) is 29.8 Å². The number of aromatic nitrogens is 1. The predicted octanol–water partition coefficient (Wildman–Crippen LogP) is 2.43. The maximum absolute atomic E-state index is 12.2.